The van der Waals surface area contributed by atoms with Gasteiger partial charge in [-0.3, -0.25) is 0 Å². The van der Waals surface area contributed by atoms with Gasteiger partial charge in [-0.2, -0.15) is 5.10 Å². The molecule has 1 aromatic carbocycles. The number of carbonyl (C=O) groups is 1. The summed E-state index contributed by atoms with van der Waals surface area (Å²) in [6.45, 7) is 2.63. The lowest BCUT2D eigenvalue weighted by Gasteiger charge is -2.34. The van der Waals surface area contributed by atoms with E-state index in [1.165, 1.54) is 19.3 Å². The molecule has 0 atom stereocenters. The maximum atomic E-state index is 12.2. The number of amides is 2. The van der Waals surface area contributed by atoms with Crippen molar-refractivity contribution in [2.45, 2.75) is 51.1 Å². The third-order valence-electron chi connectivity index (χ3n) is 4.55. The minimum atomic E-state index is -0.0929. The molecule has 0 bridgehead atoms. The molecule has 1 heterocycles. The van der Waals surface area contributed by atoms with E-state index in [-0.39, 0.29) is 11.6 Å². The fraction of sp³-hybridized carbons (Fsp3) is 0.444. The molecular formula is C18H24N4O. The van der Waals surface area contributed by atoms with Crippen molar-refractivity contribution in [2.24, 2.45) is 0 Å². The summed E-state index contributed by atoms with van der Waals surface area (Å²) in [6.07, 6.45) is 9.44. The molecular weight excluding hydrogens is 288 g/mol. The highest BCUT2D eigenvalue weighted by molar-refractivity contribution is 5.74. The molecule has 0 saturated heterocycles. The first-order valence-corrected chi connectivity index (χ1v) is 8.30. The molecule has 1 saturated carbocycles. The molecule has 1 fully saturated rings. The highest BCUT2D eigenvalue weighted by Gasteiger charge is 2.28. The molecule has 1 aliphatic carbocycles. The molecule has 0 spiro atoms. The van der Waals surface area contributed by atoms with Crippen LogP contribution in [0.5, 0.6) is 0 Å². The van der Waals surface area contributed by atoms with Gasteiger partial charge in [0.05, 0.1) is 5.69 Å². The lowest BCUT2D eigenvalue weighted by Crippen LogP contribution is -2.51. The average molecular weight is 312 g/mol. The Morgan fingerprint density at radius 2 is 2.00 bits per heavy atom. The number of nitrogens with one attached hydrogen (secondary N) is 2. The summed E-state index contributed by atoms with van der Waals surface area (Å²) in [5.74, 6) is 0. The van der Waals surface area contributed by atoms with E-state index >= 15 is 0 Å². The molecule has 1 aliphatic rings. The fourth-order valence-electron chi connectivity index (χ4n) is 3.25. The van der Waals surface area contributed by atoms with Crippen molar-refractivity contribution in [3.05, 3.63) is 48.3 Å². The number of rotatable bonds is 4. The van der Waals surface area contributed by atoms with Gasteiger partial charge < -0.3 is 10.6 Å². The Kier molecular flexibility index (Phi) is 4.65. The normalized spacial score (nSPS) is 16.7. The molecule has 0 radical (unpaired) electrons. The quantitative estimate of drug-likeness (QED) is 0.909. The summed E-state index contributed by atoms with van der Waals surface area (Å²) >= 11 is 0. The van der Waals surface area contributed by atoms with Crippen molar-refractivity contribution in [3.63, 3.8) is 0 Å². The fourth-order valence-corrected chi connectivity index (χ4v) is 3.25. The highest BCUT2D eigenvalue weighted by atomic mass is 16.2. The molecule has 1 aromatic heterocycles. The number of nitrogens with zero attached hydrogens (tertiary/aromatic N) is 2. The second-order valence-corrected chi connectivity index (χ2v) is 6.51. The molecule has 23 heavy (non-hydrogen) atoms. The number of urea groups is 1. The van der Waals surface area contributed by atoms with Crippen LogP contribution in [0.25, 0.3) is 5.69 Å². The first-order valence-electron chi connectivity index (χ1n) is 8.30. The molecule has 5 nitrogen and oxygen atoms in total. The Balaban J connectivity index is 1.61. The van der Waals surface area contributed by atoms with Crippen molar-refractivity contribution < 1.29 is 4.79 Å². The van der Waals surface area contributed by atoms with E-state index in [4.69, 9.17) is 0 Å². The molecule has 5 heteroatoms. The van der Waals surface area contributed by atoms with Crippen LogP contribution in [0.3, 0.4) is 0 Å². The van der Waals surface area contributed by atoms with Crippen LogP contribution in [0, 0.1) is 0 Å². The van der Waals surface area contributed by atoms with E-state index in [0.29, 0.717) is 6.54 Å². The second kappa shape index (κ2) is 6.86. The van der Waals surface area contributed by atoms with Gasteiger partial charge in [0.1, 0.15) is 0 Å². The van der Waals surface area contributed by atoms with E-state index in [2.05, 4.69) is 22.7 Å². The smallest absolute Gasteiger partial charge is 0.315 e. The van der Waals surface area contributed by atoms with Crippen LogP contribution in [0.15, 0.2) is 42.7 Å². The van der Waals surface area contributed by atoms with Crippen molar-refractivity contribution in [2.75, 3.05) is 0 Å². The number of hydrogen-bond donors (Lipinski definition) is 2. The van der Waals surface area contributed by atoms with Crippen LogP contribution in [-0.4, -0.2) is 21.4 Å². The van der Waals surface area contributed by atoms with Crippen molar-refractivity contribution in [1.82, 2.24) is 20.4 Å². The van der Waals surface area contributed by atoms with Crippen LogP contribution in [0.4, 0.5) is 4.79 Å². The molecule has 2 amide bonds. The first-order chi connectivity index (χ1) is 11.2. The Morgan fingerprint density at radius 1 is 1.22 bits per heavy atom. The van der Waals surface area contributed by atoms with Crippen molar-refractivity contribution >= 4 is 6.03 Å². The van der Waals surface area contributed by atoms with Gasteiger partial charge in [-0.05, 0) is 37.5 Å². The Hall–Kier alpha value is -2.30. The van der Waals surface area contributed by atoms with E-state index < -0.39 is 0 Å². The summed E-state index contributed by atoms with van der Waals surface area (Å²) in [5, 5.41) is 10.4. The number of benzene rings is 1. The molecule has 2 N–H and O–H groups in total. The topological polar surface area (TPSA) is 59.0 Å². The van der Waals surface area contributed by atoms with Crippen LogP contribution in [0.2, 0.25) is 0 Å². The predicted molar refractivity (Wildman–Crippen MR) is 90.4 cm³/mol. The predicted octanol–water partition coefficient (Wildman–Crippen LogP) is 3.39. The van der Waals surface area contributed by atoms with Crippen molar-refractivity contribution in [1.29, 1.82) is 0 Å². The molecule has 3 rings (SSSR count). The number of hydrogen-bond acceptors (Lipinski definition) is 2. The Labute approximate surface area is 137 Å². The van der Waals surface area contributed by atoms with Gasteiger partial charge in [-0.25, -0.2) is 9.48 Å². The maximum Gasteiger partial charge on any atom is 0.315 e. The van der Waals surface area contributed by atoms with Crippen molar-refractivity contribution in [3.8, 4) is 5.69 Å². The number of para-hydroxylation sites is 1. The minimum absolute atomic E-state index is 0.0656. The molecule has 122 valence electrons. The first kappa shape index (κ1) is 15.6. The lowest BCUT2D eigenvalue weighted by molar-refractivity contribution is 0.210. The standard InChI is InChI=1S/C18H24N4O/c1-18(10-5-2-6-11-18)21-17(23)19-14-15-8-3-4-9-16(15)22-13-7-12-20-22/h3-4,7-9,12-13H,2,5-6,10-11,14H2,1H3,(H2,19,21,23). The van der Waals surface area contributed by atoms with Gasteiger partial charge in [0.2, 0.25) is 0 Å². The monoisotopic (exact) mass is 312 g/mol. The Morgan fingerprint density at radius 3 is 2.74 bits per heavy atom. The number of carbonyl (C=O) groups excluding carboxylic acids is 1. The SMILES string of the molecule is CC1(NC(=O)NCc2ccccc2-n2cccn2)CCCCC1. The second-order valence-electron chi connectivity index (χ2n) is 6.51. The van der Waals surface area contributed by atoms with Crippen LogP contribution >= 0.6 is 0 Å². The van der Waals surface area contributed by atoms with Crippen LogP contribution < -0.4 is 10.6 Å². The summed E-state index contributed by atoms with van der Waals surface area (Å²) in [7, 11) is 0. The van der Waals surface area contributed by atoms with E-state index in [9.17, 15) is 4.79 Å². The third-order valence-corrected chi connectivity index (χ3v) is 4.55. The zero-order valence-electron chi connectivity index (χ0n) is 13.6. The summed E-state index contributed by atoms with van der Waals surface area (Å²) in [6, 6.07) is 9.77. The van der Waals surface area contributed by atoms with Gasteiger partial charge in [-0.15, -0.1) is 0 Å². The molecule has 0 unspecified atom stereocenters. The van der Waals surface area contributed by atoms with E-state index in [0.717, 1.165) is 24.1 Å². The summed E-state index contributed by atoms with van der Waals surface area (Å²) < 4.78 is 1.82. The van der Waals surface area contributed by atoms with E-state index in [1.54, 1.807) is 6.20 Å². The average Bonchev–Trinajstić information content (AvgIpc) is 3.08. The summed E-state index contributed by atoms with van der Waals surface area (Å²) in [4.78, 5) is 12.2. The van der Waals surface area contributed by atoms with Crippen LogP contribution in [0.1, 0.15) is 44.6 Å². The van der Waals surface area contributed by atoms with E-state index in [1.807, 2.05) is 41.2 Å². The molecule has 2 aromatic rings. The number of aromatic nitrogens is 2. The maximum absolute atomic E-state index is 12.2. The largest absolute Gasteiger partial charge is 0.334 e. The van der Waals surface area contributed by atoms with Crippen LogP contribution in [-0.2, 0) is 6.54 Å². The highest BCUT2D eigenvalue weighted by Crippen LogP contribution is 2.27. The third kappa shape index (κ3) is 3.92. The van der Waals surface area contributed by atoms with Gasteiger partial charge in [0.15, 0.2) is 0 Å². The zero-order valence-corrected chi connectivity index (χ0v) is 13.6. The zero-order chi connectivity index (χ0) is 16.1. The van der Waals surface area contributed by atoms with Gasteiger partial charge in [0.25, 0.3) is 0 Å². The van der Waals surface area contributed by atoms with Gasteiger partial charge in [-0.1, -0.05) is 37.5 Å². The van der Waals surface area contributed by atoms with Gasteiger partial charge >= 0.3 is 6.03 Å². The Bertz CT molecular complexity index is 645. The minimum Gasteiger partial charge on any atom is -0.334 e. The lowest BCUT2D eigenvalue weighted by atomic mass is 9.83. The summed E-state index contributed by atoms with van der Waals surface area (Å²) in [5.41, 5.74) is 1.96. The molecule has 0 aliphatic heterocycles. The van der Waals surface area contributed by atoms with Gasteiger partial charge in [0, 0.05) is 24.5 Å².